The third-order valence-electron chi connectivity index (χ3n) is 7.83. The van der Waals surface area contributed by atoms with Gasteiger partial charge < -0.3 is 21.3 Å². The lowest BCUT2D eigenvalue weighted by molar-refractivity contribution is -0.137. The first-order valence-corrected chi connectivity index (χ1v) is 14.6. The van der Waals surface area contributed by atoms with Crippen LogP contribution in [0.1, 0.15) is 77.6 Å². The zero-order chi connectivity index (χ0) is 31.3. The minimum atomic E-state index is -4.57. The van der Waals surface area contributed by atoms with Crippen LogP contribution in [0.3, 0.4) is 0 Å². The summed E-state index contributed by atoms with van der Waals surface area (Å²) in [5.41, 5.74) is 8.03. The fourth-order valence-corrected chi connectivity index (χ4v) is 5.48. The van der Waals surface area contributed by atoms with E-state index in [0.717, 1.165) is 69.0 Å². The van der Waals surface area contributed by atoms with Gasteiger partial charge in [-0.25, -0.2) is 9.97 Å². The van der Waals surface area contributed by atoms with Crippen LogP contribution in [0.5, 0.6) is 0 Å². The number of aromatic nitrogens is 2. The third kappa shape index (κ3) is 7.24. The van der Waals surface area contributed by atoms with Crippen molar-refractivity contribution in [3.8, 4) is 0 Å². The molecule has 2 amide bonds. The standard InChI is InChI=1S/C32H34F3N7O2/c33-32(34,35)23-14-15-38-25(17-23)41-31(44)21-12-10-20(11-13-21)28(36)27-29-22(18-39-30(27)37)7-4-2-1-3-5-9-26(43)42-16-6-8-24(19-42)40-29/h4,7,10-15,17-18,24,36,40H,1-3,5-6,8-9,16,19H2,(H2,37,39)(H,38,41,44)/b7-4+,36-28?/t24-/m1/s1. The molecule has 0 radical (unpaired) electrons. The normalized spacial score (nSPS) is 18.4. The predicted molar refractivity (Wildman–Crippen MR) is 164 cm³/mol. The van der Waals surface area contributed by atoms with Crippen molar-refractivity contribution in [3.05, 3.63) is 82.7 Å². The van der Waals surface area contributed by atoms with E-state index in [1.807, 2.05) is 11.0 Å². The van der Waals surface area contributed by atoms with Crippen molar-refractivity contribution >= 4 is 40.9 Å². The van der Waals surface area contributed by atoms with Crippen LogP contribution >= 0.6 is 0 Å². The number of hydrogen-bond acceptors (Lipinski definition) is 7. The molecule has 2 aliphatic rings. The van der Waals surface area contributed by atoms with Gasteiger partial charge in [0.2, 0.25) is 5.91 Å². The molecule has 0 aliphatic carbocycles. The smallest absolute Gasteiger partial charge is 0.383 e. The number of nitrogens with zero attached hydrogens (tertiary/aromatic N) is 3. The van der Waals surface area contributed by atoms with Gasteiger partial charge in [-0.3, -0.25) is 15.0 Å². The molecule has 2 aromatic heterocycles. The molecule has 0 unspecified atom stereocenters. The first-order valence-electron chi connectivity index (χ1n) is 14.6. The third-order valence-corrected chi connectivity index (χ3v) is 7.83. The zero-order valence-corrected chi connectivity index (χ0v) is 24.1. The minimum Gasteiger partial charge on any atom is -0.383 e. The number of benzene rings is 1. The van der Waals surface area contributed by atoms with Crippen molar-refractivity contribution in [2.45, 2.75) is 57.2 Å². The van der Waals surface area contributed by atoms with Gasteiger partial charge in [-0.15, -0.1) is 0 Å². The quantitative estimate of drug-likeness (QED) is 0.264. The van der Waals surface area contributed by atoms with E-state index in [0.29, 0.717) is 29.8 Å². The van der Waals surface area contributed by atoms with Gasteiger partial charge in [0.15, 0.2) is 0 Å². The Kier molecular flexibility index (Phi) is 9.26. The van der Waals surface area contributed by atoms with Crippen molar-refractivity contribution in [1.82, 2.24) is 14.9 Å². The molecule has 2 bridgehead atoms. The average Bonchev–Trinajstić information content (AvgIpc) is 3.01. The number of halogens is 3. The van der Waals surface area contributed by atoms with Crippen LogP contribution in [0.25, 0.3) is 6.08 Å². The number of hydrogen-bond donors (Lipinski definition) is 4. The molecule has 5 N–H and O–H groups in total. The van der Waals surface area contributed by atoms with Gasteiger partial charge in [0.25, 0.3) is 5.91 Å². The number of carbonyl (C=O) groups excluding carboxylic acids is 2. The lowest BCUT2D eigenvalue weighted by atomic mass is 9.96. The number of amides is 2. The van der Waals surface area contributed by atoms with Gasteiger partial charge in [-0.05, 0) is 56.4 Å². The van der Waals surface area contributed by atoms with Crippen molar-refractivity contribution < 1.29 is 22.8 Å². The lowest BCUT2D eigenvalue weighted by Crippen LogP contribution is -2.45. The van der Waals surface area contributed by atoms with Crippen LogP contribution in [0.4, 0.5) is 30.5 Å². The van der Waals surface area contributed by atoms with Gasteiger partial charge in [-0.1, -0.05) is 30.7 Å². The number of carbonyl (C=O) groups is 2. The second-order valence-electron chi connectivity index (χ2n) is 11.0. The monoisotopic (exact) mass is 605 g/mol. The van der Waals surface area contributed by atoms with E-state index in [4.69, 9.17) is 11.1 Å². The van der Waals surface area contributed by atoms with E-state index in [1.165, 1.54) is 12.1 Å². The fraction of sp³-hybridized carbons (Fsp3) is 0.344. The van der Waals surface area contributed by atoms with Gasteiger partial charge in [0.1, 0.15) is 11.6 Å². The first kappa shape index (κ1) is 30.7. The van der Waals surface area contributed by atoms with Crippen molar-refractivity contribution in [2.24, 2.45) is 0 Å². The number of allylic oxidation sites excluding steroid dienone is 1. The first-order chi connectivity index (χ1) is 21.1. The van der Waals surface area contributed by atoms with Gasteiger partial charge in [0.05, 0.1) is 22.5 Å². The molecule has 44 heavy (non-hydrogen) atoms. The van der Waals surface area contributed by atoms with Crippen LogP contribution in [-0.4, -0.2) is 51.5 Å². The van der Waals surface area contributed by atoms with Crippen LogP contribution < -0.4 is 16.4 Å². The number of rotatable bonds is 4. The summed E-state index contributed by atoms with van der Waals surface area (Å²) in [7, 11) is 0. The number of piperidine rings is 1. The zero-order valence-electron chi connectivity index (χ0n) is 24.1. The van der Waals surface area contributed by atoms with Crippen LogP contribution in [0, 0.1) is 5.41 Å². The number of pyridine rings is 2. The summed E-state index contributed by atoms with van der Waals surface area (Å²) in [6, 6.07) is 7.68. The van der Waals surface area contributed by atoms with E-state index < -0.39 is 17.6 Å². The maximum Gasteiger partial charge on any atom is 0.416 e. The number of nitrogen functional groups attached to an aromatic ring is 1. The molecule has 5 rings (SSSR count). The Hall–Kier alpha value is -4.74. The van der Waals surface area contributed by atoms with Crippen LogP contribution in [0.15, 0.2) is 54.9 Å². The molecule has 1 atom stereocenters. The van der Waals surface area contributed by atoms with Crippen molar-refractivity contribution in [1.29, 1.82) is 5.41 Å². The predicted octanol–water partition coefficient (Wildman–Crippen LogP) is 6.13. The fourth-order valence-electron chi connectivity index (χ4n) is 5.48. The second kappa shape index (κ2) is 13.3. The van der Waals surface area contributed by atoms with Gasteiger partial charge >= 0.3 is 6.18 Å². The summed E-state index contributed by atoms with van der Waals surface area (Å²) in [5.74, 6) is -0.540. The molecular weight excluding hydrogens is 571 g/mol. The SMILES string of the molecule is N=C(c1ccc(C(=O)Nc2cc(C(F)(F)F)ccn2)cc1)c1c(N)ncc2c1N[C@@H]1CCCN(C1)C(=O)CCCCC/C=C/2. The number of anilines is 3. The van der Waals surface area contributed by atoms with Gasteiger partial charge in [-0.2, -0.15) is 13.2 Å². The van der Waals surface area contributed by atoms with Crippen molar-refractivity contribution in [3.63, 3.8) is 0 Å². The summed E-state index contributed by atoms with van der Waals surface area (Å²) in [4.78, 5) is 35.7. The molecule has 0 spiro atoms. The Morgan fingerprint density at radius 2 is 1.84 bits per heavy atom. The molecule has 0 saturated carbocycles. The Bertz CT molecular complexity index is 1570. The van der Waals surface area contributed by atoms with E-state index in [1.54, 1.807) is 18.3 Å². The highest BCUT2D eigenvalue weighted by atomic mass is 19.4. The number of fused-ring (bicyclic) bond motifs is 3. The molecule has 4 heterocycles. The Morgan fingerprint density at radius 1 is 1.07 bits per heavy atom. The molecule has 1 fully saturated rings. The largest absolute Gasteiger partial charge is 0.416 e. The van der Waals surface area contributed by atoms with Crippen molar-refractivity contribution in [2.75, 3.05) is 29.5 Å². The summed E-state index contributed by atoms with van der Waals surface area (Å²) in [6.07, 6.45) is 8.06. The molecule has 3 aromatic rings. The Morgan fingerprint density at radius 3 is 2.61 bits per heavy atom. The number of nitrogens with one attached hydrogen (secondary N) is 3. The highest BCUT2D eigenvalue weighted by Gasteiger charge is 2.31. The van der Waals surface area contributed by atoms with Crippen LogP contribution in [0.2, 0.25) is 0 Å². The molecule has 2 aliphatic heterocycles. The van der Waals surface area contributed by atoms with Gasteiger partial charge in [0, 0.05) is 54.6 Å². The summed E-state index contributed by atoms with van der Waals surface area (Å²) in [5, 5.41) is 15.1. The number of nitrogens with two attached hydrogens (primary N) is 1. The summed E-state index contributed by atoms with van der Waals surface area (Å²) < 4.78 is 39.1. The maximum absolute atomic E-state index is 13.0. The van der Waals surface area contributed by atoms with E-state index in [9.17, 15) is 22.8 Å². The summed E-state index contributed by atoms with van der Waals surface area (Å²) >= 11 is 0. The molecule has 1 aromatic carbocycles. The maximum atomic E-state index is 13.0. The topological polar surface area (TPSA) is 137 Å². The number of alkyl halides is 3. The molecule has 1 saturated heterocycles. The highest BCUT2D eigenvalue weighted by Crippen LogP contribution is 2.32. The Labute approximate surface area is 253 Å². The Balaban J connectivity index is 1.41. The molecule has 12 heteroatoms. The molecular formula is C32H34F3N7O2. The molecule has 9 nitrogen and oxygen atoms in total. The lowest BCUT2D eigenvalue weighted by Gasteiger charge is -2.35. The molecule has 230 valence electrons. The van der Waals surface area contributed by atoms with E-state index >= 15 is 0 Å². The highest BCUT2D eigenvalue weighted by molar-refractivity contribution is 6.17. The summed E-state index contributed by atoms with van der Waals surface area (Å²) in [6.45, 7) is 1.29. The van der Waals surface area contributed by atoms with E-state index in [-0.39, 0.29) is 34.9 Å². The van der Waals surface area contributed by atoms with E-state index in [2.05, 4.69) is 26.7 Å². The van der Waals surface area contributed by atoms with Crippen LogP contribution in [-0.2, 0) is 11.0 Å². The minimum absolute atomic E-state index is 0.0355. The second-order valence-corrected chi connectivity index (χ2v) is 11.0. The average molecular weight is 606 g/mol.